The SMILES string of the molecule is CC(C)c1cnc([S+]([O-])N(C)C)cc1Oc1cnc(N)nc1N. The van der Waals surface area contributed by atoms with Gasteiger partial charge in [0.2, 0.25) is 5.95 Å². The Balaban J connectivity index is 2.43. The minimum Gasteiger partial charge on any atom is -0.592 e. The van der Waals surface area contributed by atoms with Crippen molar-refractivity contribution >= 4 is 23.1 Å². The topological polar surface area (TPSA) is 126 Å². The molecule has 9 heteroatoms. The van der Waals surface area contributed by atoms with Gasteiger partial charge in [0.15, 0.2) is 11.6 Å². The molecule has 0 saturated carbocycles. The fraction of sp³-hybridized carbons (Fsp3) is 0.357. The highest BCUT2D eigenvalue weighted by Crippen LogP contribution is 2.33. The molecule has 1 unspecified atom stereocenters. The van der Waals surface area contributed by atoms with Crippen LogP contribution in [0.4, 0.5) is 11.8 Å². The molecule has 4 N–H and O–H groups in total. The van der Waals surface area contributed by atoms with Crippen molar-refractivity contribution in [3.63, 3.8) is 0 Å². The van der Waals surface area contributed by atoms with Crippen LogP contribution in [0.2, 0.25) is 0 Å². The Hall–Kier alpha value is -2.10. The number of anilines is 2. The molecule has 0 saturated heterocycles. The molecule has 8 nitrogen and oxygen atoms in total. The first kappa shape index (κ1) is 17.3. The first-order valence-electron chi connectivity index (χ1n) is 6.94. The third-order valence-electron chi connectivity index (χ3n) is 3.02. The number of ether oxygens (including phenoxy) is 1. The van der Waals surface area contributed by atoms with Crippen molar-refractivity contribution in [2.24, 2.45) is 0 Å². The van der Waals surface area contributed by atoms with Gasteiger partial charge in [-0.2, -0.15) is 4.98 Å². The number of rotatable bonds is 5. The van der Waals surface area contributed by atoms with Crippen LogP contribution in [0.3, 0.4) is 0 Å². The number of aromatic nitrogens is 3. The summed E-state index contributed by atoms with van der Waals surface area (Å²) in [6.07, 6.45) is 3.07. The number of hydrogen-bond donors (Lipinski definition) is 2. The second-order valence-corrected chi connectivity index (χ2v) is 7.00. The first-order chi connectivity index (χ1) is 10.8. The maximum atomic E-state index is 12.2. The van der Waals surface area contributed by atoms with Gasteiger partial charge in [0.1, 0.15) is 17.1 Å². The molecule has 0 amide bonds. The van der Waals surface area contributed by atoms with Crippen molar-refractivity contribution in [2.75, 3.05) is 25.6 Å². The summed E-state index contributed by atoms with van der Waals surface area (Å²) < 4.78 is 19.6. The lowest BCUT2D eigenvalue weighted by molar-refractivity contribution is 0.465. The first-order valence-corrected chi connectivity index (χ1v) is 8.05. The monoisotopic (exact) mass is 336 g/mol. The van der Waals surface area contributed by atoms with Gasteiger partial charge >= 0.3 is 0 Å². The second kappa shape index (κ2) is 6.99. The summed E-state index contributed by atoms with van der Waals surface area (Å²) in [5.74, 6) is 1.17. The van der Waals surface area contributed by atoms with Crippen LogP contribution >= 0.6 is 0 Å². The molecule has 2 heterocycles. The molecular weight excluding hydrogens is 316 g/mol. The molecule has 124 valence electrons. The predicted octanol–water partition coefficient (Wildman–Crippen LogP) is 1.54. The van der Waals surface area contributed by atoms with Gasteiger partial charge < -0.3 is 20.8 Å². The van der Waals surface area contributed by atoms with Crippen LogP contribution < -0.4 is 16.2 Å². The Bertz CT molecular complexity index is 695. The van der Waals surface area contributed by atoms with Crippen molar-refractivity contribution in [3.8, 4) is 11.5 Å². The Labute approximate surface area is 138 Å². The van der Waals surface area contributed by atoms with Gasteiger partial charge in [-0.15, -0.1) is 4.31 Å². The molecule has 2 aromatic rings. The van der Waals surface area contributed by atoms with Gasteiger partial charge in [-0.1, -0.05) is 13.8 Å². The average Bonchev–Trinajstić information content (AvgIpc) is 2.48. The lowest BCUT2D eigenvalue weighted by Crippen LogP contribution is -2.23. The summed E-state index contributed by atoms with van der Waals surface area (Å²) in [6, 6.07) is 1.64. The van der Waals surface area contributed by atoms with Crippen LogP contribution in [-0.2, 0) is 11.4 Å². The van der Waals surface area contributed by atoms with Gasteiger partial charge in [0, 0.05) is 25.9 Å². The fourth-order valence-corrected chi connectivity index (χ4v) is 2.55. The average molecular weight is 336 g/mol. The molecule has 0 aliphatic carbocycles. The van der Waals surface area contributed by atoms with Crippen LogP contribution in [0.15, 0.2) is 23.5 Å². The highest BCUT2D eigenvalue weighted by molar-refractivity contribution is 7.89. The summed E-state index contributed by atoms with van der Waals surface area (Å²) in [5.41, 5.74) is 12.1. The summed E-state index contributed by atoms with van der Waals surface area (Å²) >= 11 is -1.37. The number of pyridine rings is 1. The summed E-state index contributed by atoms with van der Waals surface area (Å²) in [6.45, 7) is 4.02. The van der Waals surface area contributed by atoms with E-state index in [0.29, 0.717) is 10.8 Å². The molecule has 0 aliphatic rings. The number of nitrogens with zero attached hydrogens (tertiary/aromatic N) is 4. The molecular formula is C14H20N6O2S. The lowest BCUT2D eigenvalue weighted by atomic mass is 10.1. The fourth-order valence-electron chi connectivity index (χ4n) is 1.83. The third-order valence-corrected chi connectivity index (χ3v) is 4.27. The molecule has 23 heavy (non-hydrogen) atoms. The van der Waals surface area contributed by atoms with Crippen molar-refractivity contribution in [3.05, 3.63) is 24.0 Å². The van der Waals surface area contributed by atoms with Crippen LogP contribution in [0.1, 0.15) is 25.3 Å². The number of nitrogens with two attached hydrogens (primary N) is 2. The van der Waals surface area contributed by atoms with E-state index in [-0.39, 0.29) is 23.4 Å². The molecule has 1 atom stereocenters. The molecule has 0 spiro atoms. The van der Waals surface area contributed by atoms with E-state index in [1.807, 2.05) is 13.8 Å². The van der Waals surface area contributed by atoms with E-state index in [2.05, 4.69) is 15.0 Å². The zero-order chi connectivity index (χ0) is 17.1. The van der Waals surface area contributed by atoms with Gasteiger partial charge in [-0.3, -0.25) is 0 Å². The van der Waals surface area contributed by atoms with E-state index in [1.54, 1.807) is 30.7 Å². The van der Waals surface area contributed by atoms with Gasteiger partial charge in [-0.05, 0) is 5.92 Å². The van der Waals surface area contributed by atoms with E-state index in [1.165, 1.54) is 6.20 Å². The molecule has 0 aromatic carbocycles. The summed E-state index contributed by atoms with van der Waals surface area (Å²) in [5, 5.41) is 0.393. The summed E-state index contributed by atoms with van der Waals surface area (Å²) in [7, 11) is 3.42. The largest absolute Gasteiger partial charge is 0.592 e. The van der Waals surface area contributed by atoms with Gasteiger partial charge in [-0.25, -0.2) is 9.97 Å². The number of hydrogen-bond acceptors (Lipinski definition) is 8. The quantitative estimate of drug-likeness (QED) is 0.787. The normalized spacial score (nSPS) is 12.7. The zero-order valence-corrected chi connectivity index (χ0v) is 14.3. The van der Waals surface area contributed by atoms with Crippen molar-refractivity contribution in [2.45, 2.75) is 24.8 Å². The second-order valence-electron chi connectivity index (χ2n) is 5.36. The third kappa shape index (κ3) is 4.01. The minimum absolute atomic E-state index is 0.0723. The highest BCUT2D eigenvalue weighted by Gasteiger charge is 2.21. The Kier molecular flexibility index (Phi) is 5.24. The molecule has 2 aromatic heterocycles. The van der Waals surface area contributed by atoms with Crippen LogP contribution in [0.5, 0.6) is 11.5 Å². The molecule has 0 bridgehead atoms. The lowest BCUT2D eigenvalue weighted by Gasteiger charge is -2.18. The standard InChI is InChI=1S/C14H20N6O2S/c1-8(2)9-6-17-12(23(21)20(3)4)5-10(9)22-11-7-18-14(16)19-13(11)15/h5-8H,1-4H3,(H4,15,16,18,19). The van der Waals surface area contributed by atoms with Crippen LogP contribution in [-0.4, -0.2) is 37.9 Å². The molecule has 0 fully saturated rings. The molecule has 2 rings (SSSR count). The van der Waals surface area contributed by atoms with E-state index in [0.717, 1.165) is 5.56 Å². The van der Waals surface area contributed by atoms with Gasteiger partial charge in [0.25, 0.3) is 5.03 Å². The van der Waals surface area contributed by atoms with Crippen molar-refractivity contribution in [1.29, 1.82) is 0 Å². The van der Waals surface area contributed by atoms with Gasteiger partial charge in [0.05, 0.1) is 12.3 Å². The van der Waals surface area contributed by atoms with Crippen LogP contribution in [0.25, 0.3) is 0 Å². The zero-order valence-electron chi connectivity index (χ0n) is 13.5. The molecule has 0 aliphatic heterocycles. The molecule has 0 radical (unpaired) electrons. The maximum Gasteiger partial charge on any atom is 0.269 e. The van der Waals surface area contributed by atoms with E-state index in [4.69, 9.17) is 16.2 Å². The number of nitrogen functional groups attached to an aromatic ring is 2. The van der Waals surface area contributed by atoms with Crippen molar-refractivity contribution < 1.29 is 9.29 Å². The maximum absolute atomic E-state index is 12.2. The Morgan fingerprint density at radius 1 is 1.17 bits per heavy atom. The van der Waals surface area contributed by atoms with E-state index in [9.17, 15) is 4.55 Å². The van der Waals surface area contributed by atoms with E-state index >= 15 is 0 Å². The Morgan fingerprint density at radius 3 is 2.43 bits per heavy atom. The van der Waals surface area contributed by atoms with Crippen molar-refractivity contribution in [1.82, 2.24) is 19.3 Å². The summed E-state index contributed by atoms with van der Waals surface area (Å²) in [4.78, 5) is 12.0. The van der Waals surface area contributed by atoms with Crippen LogP contribution in [0, 0.1) is 0 Å². The smallest absolute Gasteiger partial charge is 0.269 e. The predicted molar refractivity (Wildman–Crippen MR) is 89.4 cm³/mol. The van der Waals surface area contributed by atoms with E-state index < -0.39 is 11.4 Å². The minimum atomic E-state index is -1.37. The highest BCUT2D eigenvalue weighted by atomic mass is 32.2. The Morgan fingerprint density at radius 2 is 1.87 bits per heavy atom.